The lowest BCUT2D eigenvalue weighted by atomic mass is 9.66. The molecule has 6 saturated heterocycles. The third-order valence-corrected chi connectivity index (χ3v) is 18.1. The van der Waals surface area contributed by atoms with Crippen molar-refractivity contribution in [2.45, 2.75) is 336 Å². The number of aliphatic hydroxyl groups is 1. The van der Waals surface area contributed by atoms with E-state index in [0.29, 0.717) is 81.7 Å². The molecule has 1 amide bonds. The van der Waals surface area contributed by atoms with Crippen LogP contribution in [0.1, 0.15) is 283 Å². The number of nitrogens with zero attached hydrogens (tertiary/aromatic N) is 1. The third kappa shape index (κ3) is 33.7. The van der Waals surface area contributed by atoms with Crippen LogP contribution in [-0.2, 0) is 42.7 Å². The lowest BCUT2D eigenvalue weighted by Crippen LogP contribution is -2.47. The Hall–Kier alpha value is -1.24. The fraction of sp³-hybridized carbons (Fsp3) is 0.986. The van der Waals surface area contributed by atoms with Gasteiger partial charge < -0.3 is 47.9 Å². The molecular formula is C72H142F5NO10. The number of carbonyl (C=O) groups is 1. The van der Waals surface area contributed by atoms with Gasteiger partial charge in [-0.05, 0) is 153 Å². The smallest absolute Gasteiger partial charge is 0.389 e. The van der Waals surface area contributed by atoms with Gasteiger partial charge in [-0.3, -0.25) is 4.79 Å². The highest BCUT2D eigenvalue weighted by molar-refractivity contribution is 5.78. The quantitative estimate of drug-likeness (QED) is 0.255. The van der Waals surface area contributed by atoms with Gasteiger partial charge in [0.15, 0.2) is 0 Å². The zero-order valence-corrected chi connectivity index (χ0v) is 62.1. The lowest BCUT2D eigenvalue weighted by Gasteiger charge is -2.44. The number of halogens is 5. The van der Waals surface area contributed by atoms with E-state index in [2.05, 4.69) is 83.1 Å². The van der Waals surface area contributed by atoms with Crippen LogP contribution in [0, 0.1) is 38.4 Å². The van der Waals surface area contributed by atoms with Crippen LogP contribution in [0.25, 0.3) is 0 Å². The molecule has 9 fully saturated rings. The zero-order chi connectivity index (χ0) is 68.9. The van der Waals surface area contributed by atoms with E-state index in [-0.39, 0.29) is 27.4 Å². The minimum absolute atomic E-state index is 0.0171. The molecular weight excluding hydrogens is 1130 g/mol. The second kappa shape index (κ2) is 39.6. The van der Waals surface area contributed by atoms with Crippen molar-refractivity contribution in [3.8, 4) is 0 Å². The van der Waals surface area contributed by atoms with Gasteiger partial charge in [-0.2, -0.15) is 13.2 Å². The summed E-state index contributed by atoms with van der Waals surface area (Å²) in [6, 6.07) is 0. The maximum absolute atomic E-state index is 14.0. The average Bonchev–Trinajstić information content (AvgIpc) is 1.80. The molecule has 9 aliphatic rings. The van der Waals surface area contributed by atoms with Crippen LogP contribution in [0.3, 0.4) is 0 Å². The van der Waals surface area contributed by atoms with Crippen LogP contribution >= 0.6 is 0 Å². The molecule has 6 aliphatic heterocycles. The van der Waals surface area contributed by atoms with Crippen LogP contribution in [0.15, 0.2) is 0 Å². The van der Waals surface area contributed by atoms with E-state index < -0.39 is 33.9 Å². The molecule has 3 atom stereocenters. The Morgan fingerprint density at radius 1 is 0.477 bits per heavy atom. The number of alkyl halides is 5. The maximum atomic E-state index is 14.0. The van der Waals surface area contributed by atoms with E-state index in [0.717, 1.165) is 110 Å². The van der Waals surface area contributed by atoms with E-state index >= 15 is 0 Å². The second-order valence-corrected chi connectivity index (χ2v) is 32.2. The summed E-state index contributed by atoms with van der Waals surface area (Å²) in [4.78, 5) is 13.1. The average molecular weight is 1280 g/mol. The van der Waals surface area contributed by atoms with E-state index in [1.165, 1.54) is 25.7 Å². The number of hydrogen-bond acceptors (Lipinski definition) is 10. The van der Waals surface area contributed by atoms with Crippen LogP contribution in [-0.4, -0.2) is 154 Å². The predicted molar refractivity (Wildman–Crippen MR) is 355 cm³/mol. The normalized spacial score (nSPS) is 24.7. The molecule has 11 nitrogen and oxygen atoms in total. The number of likely N-dealkylation sites (tertiary alicyclic amines) is 1. The van der Waals surface area contributed by atoms with Gasteiger partial charge in [-0.1, -0.05) is 132 Å². The molecule has 9 rings (SSSR count). The summed E-state index contributed by atoms with van der Waals surface area (Å²) >= 11 is 0. The maximum Gasteiger partial charge on any atom is 0.395 e. The van der Waals surface area contributed by atoms with E-state index in [1.807, 2.05) is 88.0 Å². The molecule has 0 spiro atoms. The van der Waals surface area contributed by atoms with Crippen LogP contribution in [0.4, 0.5) is 22.0 Å². The van der Waals surface area contributed by atoms with Crippen molar-refractivity contribution in [1.82, 2.24) is 4.90 Å². The lowest BCUT2D eigenvalue weighted by molar-refractivity contribution is -0.215. The van der Waals surface area contributed by atoms with Gasteiger partial charge in [-0.25, -0.2) is 8.78 Å². The Morgan fingerprint density at radius 2 is 0.886 bits per heavy atom. The van der Waals surface area contributed by atoms with Crippen molar-refractivity contribution in [3.05, 3.63) is 0 Å². The highest BCUT2D eigenvalue weighted by atomic mass is 19.4. The molecule has 6 heterocycles. The summed E-state index contributed by atoms with van der Waals surface area (Å²) in [6.07, 6.45) is 10.0. The van der Waals surface area contributed by atoms with Crippen molar-refractivity contribution < 1.29 is 69.7 Å². The van der Waals surface area contributed by atoms with Crippen molar-refractivity contribution in [2.75, 3.05) is 85.8 Å². The van der Waals surface area contributed by atoms with Gasteiger partial charge in [0.05, 0.1) is 74.6 Å². The van der Waals surface area contributed by atoms with Gasteiger partial charge >= 0.3 is 6.18 Å². The standard InChI is InChI=1S/C9H17FO.C9H18O2.C8H13F3.C8H15F.C8H15NO.2C8H16O.2C5H10O2.2C2H6/c2*1-8(2,3)9(10)4-6-11-7-5-9;1-6(2,3)7(4-5-7)8(9,10)11;1-7(2,3)8(9)5-4-6-8;1-8(2,3)9-6-4-5-7(9)10;1-8(2,3)7-4-5-9-6-7;1-8(2,3)9-7-5-4-6-7;2*1-5-4-6-2-3-7-5;2*1-2/h4-7H2,1-3H3;10H,4-7H2,1-3H3;4-5H2,1-3H3;4-6H2,1-3H3;4-6H2,1-3H3;2*7H,4-6H2,1-3H3;2*5H,2-4H2,1H3;2*1-2H3/t;;;;;7-;;2*5-;;/m.....1.10../s1. The van der Waals surface area contributed by atoms with Crippen LogP contribution in [0.2, 0.25) is 0 Å². The van der Waals surface area contributed by atoms with E-state index in [4.69, 9.17) is 37.9 Å². The molecule has 530 valence electrons. The zero-order valence-electron chi connectivity index (χ0n) is 62.1. The molecule has 16 heteroatoms. The van der Waals surface area contributed by atoms with Gasteiger partial charge in [0.1, 0.15) is 11.3 Å². The van der Waals surface area contributed by atoms with Crippen molar-refractivity contribution >= 4 is 5.91 Å². The fourth-order valence-corrected chi connectivity index (χ4v) is 10.5. The van der Waals surface area contributed by atoms with E-state index in [9.17, 15) is 31.9 Å². The largest absolute Gasteiger partial charge is 0.395 e. The Kier molecular flexibility index (Phi) is 40.0. The van der Waals surface area contributed by atoms with Gasteiger partial charge in [-0.15, -0.1) is 0 Å². The summed E-state index contributed by atoms with van der Waals surface area (Å²) < 4.78 is 106. The monoisotopic (exact) mass is 1280 g/mol. The van der Waals surface area contributed by atoms with Gasteiger partial charge in [0.25, 0.3) is 0 Å². The highest BCUT2D eigenvalue weighted by Gasteiger charge is 2.68. The molecule has 1 N–H and O–H groups in total. The first-order chi connectivity index (χ1) is 40.1. The summed E-state index contributed by atoms with van der Waals surface area (Å²) in [5.41, 5.74) is -4.19. The van der Waals surface area contributed by atoms with Crippen molar-refractivity contribution in [3.63, 3.8) is 0 Å². The topological polar surface area (TPSA) is 114 Å². The molecule has 3 aliphatic carbocycles. The Bertz CT molecular complexity index is 1690. The number of carbonyl (C=O) groups excluding carboxylic acids is 1. The first kappa shape index (κ1) is 88.8. The molecule has 3 saturated carbocycles. The first-order valence-electron chi connectivity index (χ1n) is 34.3. The number of rotatable bonds is 1. The molecule has 0 aromatic heterocycles. The number of ether oxygens (including phenoxy) is 8. The third-order valence-electron chi connectivity index (χ3n) is 18.1. The molecule has 88 heavy (non-hydrogen) atoms. The first-order valence-corrected chi connectivity index (χ1v) is 34.3. The minimum atomic E-state index is -4.01. The Labute approximate surface area is 538 Å². The second-order valence-electron chi connectivity index (χ2n) is 32.2. The van der Waals surface area contributed by atoms with Crippen LogP contribution < -0.4 is 0 Å². The molecule has 0 radical (unpaired) electrons. The molecule has 0 bridgehead atoms. The number of hydrogen-bond donors (Lipinski definition) is 1. The van der Waals surface area contributed by atoms with Crippen molar-refractivity contribution in [1.29, 1.82) is 0 Å². The predicted octanol–water partition coefficient (Wildman–Crippen LogP) is 19.2. The highest BCUT2D eigenvalue weighted by Crippen LogP contribution is 2.67. The summed E-state index contributed by atoms with van der Waals surface area (Å²) in [6.45, 7) is 64.5. The Morgan fingerprint density at radius 3 is 1.02 bits per heavy atom. The van der Waals surface area contributed by atoms with Gasteiger partial charge in [0, 0.05) is 83.8 Å². The summed E-state index contributed by atoms with van der Waals surface area (Å²) in [5, 5.41) is 10.1. The van der Waals surface area contributed by atoms with Crippen molar-refractivity contribution in [2.24, 2.45) is 38.4 Å². The number of amides is 1. The fourth-order valence-electron chi connectivity index (χ4n) is 10.5. The molecule has 0 unspecified atom stereocenters. The molecule has 0 aromatic rings. The minimum Gasteiger partial charge on any atom is -0.389 e. The van der Waals surface area contributed by atoms with Crippen LogP contribution in [0.5, 0.6) is 0 Å². The Balaban J connectivity index is 0. The summed E-state index contributed by atoms with van der Waals surface area (Å²) in [5.74, 6) is 1.10. The summed E-state index contributed by atoms with van der Waals surface area (Å²) in [7, 11) is 0. The molecule has 0 aromatic carbocycles. The SMILES string of the molecule is CC.CC.CC(C)(C)C1(C(F)(F)F)CC1.CC(C)(C)C1(F)CCC1.CC(C)(C)C1(F)CCOCC1.CC(C)(C)C1(O)CCOCC1.CC(C)(C)N1CCCC1=O.CC(C)(C)OC1CCC1.CC(C)(C)[C@@H]1CCOC1.C[C@@H]1COCCO1.C[C@H]1COCCO1. The van der Waals surface area contributed by atoms with Gasteiger partial charge in [0.2, 0.25) is 5.91 Å². The van der Waals surface area contributed by atoms with E-state index in [1.54, 1.807) is 20.8 Å².